The highest BCUT2D eigenvalue weighted by Gasteiger charge is 2.33. The molecule has 1 aliphatic rings. The van der Waals surface area contributed by atoms with E-state index in [4.69, 9.17) is 14.2 Å². The zero-order valence-electron chi connectivity index (χ0n) is 15.0. The van der Waals surface area contributed by atoms with E-state index in [1.54, 1.807) is 44.1 Å². The molecular formula is C19H22N2O4S. The van der Waals surface area contributed by atoms with Crippen molar-refractivity contribution in [2.75, 3.05) is 38.9 Å². The number of thioether (sulfide) groups is 1. The van der Waals surface area contributed by atoms with Gasteiger partial charge in [-0.3, -0.25) is 0 Å². The maximum Gasteiger partial charge on any atom is 0.323 e. The monoisotopic (exact) mass is 374 g/mol. The molecular weight excluding hydrogens is 352 g/mol. The lowest BCUT2D eigenvalue weighted by molar-refractivity contribution is 0.213. The Morgan fingerprint density at radius 2 is 1.92 bits per heavy atom. The maximum absolute atomic E-state index is 12.8. The zero-order chi connectivity index (χ0) is 18.5. The Balaban J connectivity index is 1.83. The highest BCUT2D eigenvalue weighted by molar-refractivity contribution is 7.99. The van der Waals surface area contributed by atoms with Gasteiger partial charge in [0.15, 0.2) is 11.5 Å². The summed E-state index contributed by atoms with van der Waals surface area (Å²) in [5, 5.41) is 2.81. The third-order valence-electron chi connectivity index (χ3n) is 4.17. The number of para-hydroxylation sites is 1. The van der Waals surface area contributed by atoms with Gasteiger partial charge in [-0.05, 0) is 18.2 Å². The second kappa shape index (κ2) is 8.23. The van der Waals surface area contributed by atoms with Crippen molar-refractivity contribution >= 4 is 23.5 Å². The number of urea groups is 1. The molecule has 2 aromatic carbocycles. The topological polar surface area (TPSA) is 60.0 Å². The lowest BCUT2D eigenvalue weighted by atomic mass is 10.1. The summed E-state index contributed by atoms with van der Waals surface area (Å²) in [6, 6.07) is 12.9. The lowest BCUT2D eigenvalue weighted by Crippen LogP contribution is -2.34. The van der Waals surface area contributed by atoms with E-state index in [1.165, 1.54) is 0 Å². The summed E-state index contributed by atoms with van der Waals surface area (Å²) in [5.74, 6) is 2.88. The minimum atomic E-state index is -0.155. The summed E-state index contributed by atoms with van der Waals surface area (Å²) >= 11 is 1.70. The van der Waals surface area contributed by atoms with Crippen LogP contribution in [0.4, 0.5) is 10.5 Å². The highest BCUT2D eigenvalue weighted by Crippen LogP contribution is 2.45. The molecule has 1 aliphatic heterocycles. The van der Waals surface area contributed by atoms with Gasteiger partial charge >= 0.3 is 6.03 Å². The molecule has 7 heteroatoms. The van der Waals surface area contributed by atoms with Crippen LogP contribution in [0.25, 0.3) is 0 Å². The van der Waals surface area contributed by atoms with Crippen molar-refractivity contribution in [1.82, 2.24) is 4.90 Å². The number of carbonyl (C=O) groups is 1. The number of ether oxygens (including phenoxy) is 3. The van der Waals surface area contributed by atoms with Crippen LogP contribution in [0.5, 0.6) is 17.2 Å². The first-order chi connectivity index (χ1) is 12.7. The van der Waals surface area contributed by atoms with Gasteiger partial charge < -0.3 is 24.4 Å². The predicted molar refractivity (Wildman–Crippen MR) is 103 cm³/mol. The fourth-order valence-corrected chi connectivity index (χ4v) is 4.21. The predicted octanol–water partition coefficient (Wildman–Crippen LogP) is 3.99. The van der Waals surface area contributed by atoms with E-state index in [1.807, 2.05) is 36.4 Å². The van der Waals surface area contributed by atoms with Crippen molar-refractivity contribution in [3.8, 4) is 17.2 Å². The molecule has 2 aromatic rings. The van der Waals surface area contributed by atoms with Crippen molar-refractivity contribution in [1.29, 1.82) is 0 Å². The van der Waals surface area contributed by atoms with Crippen molar-refractivity contribution in [2.45, 2.75) is 5.37 Å². The number of benzene rings is 2. The van der Waals surface area contributed by atoms with E-state index >= 15 is 0 Å². The van der Waals surface area contributed by atoms with Crippen LogP contribution in [-0.2, 0) is 0 Å². The van der Waals surface area contributed by atoms with E-state index in [-0.39, 0.29) is 11.4 Å². The van der Waals surface area contributed by atoms with Crippen LogP contribution in [0.3, 0.4) is 0 Å². The van der Waals surface area contributed by atoms with Crippen molar-refractivity contribution in [2.24, 2.45) is 0 Å². The maximum atomic E-state index is 12.8. The molecule has 1 unspecified atom stereocenters. The summed E-state index contributed by atoms with van der Waals surface area (Å²) in [7, 11) is 4.82. The normalized spacial score (nSPS) is 16.3. The molecule has 1 fully saturated rings. The van der Waals surface area contributed by atoms with Crippen molar-refractivity contribution in [3.63, 3.8) is 0 Å². The fourth-order valence-electron chi connectivity index (χ4n) is 2.94. The SMILES string of the molecule is COc1cccc(NC(=O)N2CCSC2c2cccc(OC)c2OC)c1. The summed E-state index contributed by atoms with van der Waals surface area (Å²) in [4.78, 5) is 14.6. The van der Waals surface area contributed by atoms with Gasteiger partial charge in [-0.2, -0.15) is 0 Å². The van der Waals surface area contributed by atoms with Crippen LogP contribution in [0.2, 0.25) is 0 Å². The summed E-state index contributed by atoms with van der Waals surface area (Å²) in [5.41, 5.74) is 1.62. The van der Waals surface area contributed by atoms with Gasteiger partial charge in [-0.15, -0.1) is 11.8 Å². The standard InChI is InChI=1S/C19H22N2O4S/c1-23-14-7-4-6-13(12-14)20-19(22)21-10-11-26-18(21)15-8-5-9-16(24-2)17(15)25-3/h4-9,12,18H,10-11H2,1-3H3,(H,20,22). The van der Waals surface area contributed by atoms with Crippen LogP contribution in [0, 0.1) is 0 Å². The molecule has 138 valence electrons. The van der Waals surface area contributed by atoms with E-state index in [9.17, 15) is 4.79 Å². The third-order valence-corrected chi connectivity index (χ3v) is 5.41. The van der Waals surface area contributed by atoms with Gasteiger partial charge in [-0.25, -0.2) is 4.79 Å². The first kappa shape index (κ1) is 18.3. The number of hydrogen-bond acceptors (Lipinski definition) is 5. The number of rotatable bonds is 5. The number of amides is 2. The molecule has 1 N–H and O–H groups in total. The number of carbonyl (C=O) groups excluding carboxylic acids is 1. The van der Waals surface area contributed by atoms with Crippen LogP contribution >= 0.6 is 11.8 Å². The Kier molecular flexibility index (Phi) is 5.78. The minimum Gasteiger partial charge on any atom is -0.497 e. The van der Waals surface area contributed by atoms with Crippen LogP contribution < -0.4 is 19.5 Å². The van der Waals surface area contributed by atoms with Gasteiger partial charge in [0.05, 0.1) is 21.3 Å². The van der Waals surface area contributed by atoms with Gasteiger partial charge in [-0.1, -0.05) is 18.2 Å². The molecule has 0 radical (unpaired) electrons. The van der Waals surface area contributed by atoms with E-state index in [0.29, 0.717) is 29.5 Å². The van der Waals surface area contributed by atoms with E-state index < -0.39 is 0 Å². The van der Waals surface area contributed by atoms with Crippen LogP contribution in [0.15, 0.2) is 42.5 Å². The first-order valence-corrected chi connectivity index (χ1v) is 9.27. The first-order valence-electron chi connectivity index (χ1n) is 8.22. The van der Waals surface area contributed by atoms with Gasteiger partial charge in [0, 0.05) is 29.6 Å². The molecule has 0 saturated carbocycles. The Bertz CT molecular complexity index is 784. The molecule has 1 atom stereocenters. The molecule has 0 spiro atoms. The van der Waals surface area contributed by atoms with E-state index in [2.05, 4.69) is 5.32 Å². The highest BCUT2D eigenvalue weighted by atomic mass is 32.2. The Morgan fingerprint density at radius 1 is 1.12 bits per heavy atom. The van der Waals surface area contributed by atoms with Gasteiger partial charge in [0.1, 0.15) is 11.1 Å². The second-order valence-corrected chi connectivity index (χ2v) is 6.85. The average molecular weight is 374 g/mol. The quantitative estimate of drug-likeness (QED) is 0.857. The molecule has 6 nitrogen and oxygen atoms in total. The van der Waals surface area contributed by atoms with Crippen molar-refractivity contribution in [3.05, 3.63) is 48.0 Å². The van der Waals surface area contributed by atoms with Crippen LogP contribution in [-0.4, -0.2) is 44.6 Å². The molecule has 3 rings (SSSR count). The summed E-state index contributed by atoms with van der Waals surface area (Å²) in [6.07, 6.45) is 0. The minimum absolute atomic E-state index is 0.134. The second-order valence-electron chi connectivity index (χ2n) is 5.66. The zero-order valence-corrected chi connectivity index (χ0v) is 15.8. The number of nitrogens with zero attached hydrogens (tertiary/aromatic N) is 1. The molecule has 1 saturated heterocycles. The number of hydrogen-bond donors (Lipinski definition) is 1. The molecule has 1 heterocycles. The Morgan fingerprint density at radius 3 is 2.65 bits per heavy atom. The van der Waals surface area contributed by atoms with Gasteiger partial charge in [0.2, 0.25) is 0 Å². The van der Waals surface area contributed by atoms with E-state index in [0.717, 1.165) is 11.3 Å². The molecule has 0 aliphatic carbocycles. The molecule has 0 bridgehead atoms. The molecule has 2 amide bonds. The third kappa shape index (κ3) is 3.67. The fraction of sp³-hybridized carbons (Fsp3) is 0.316. The number of anilines is 1. The smallest absolute Gasteiger partial charge is 0.323 e. The average Bonchev–Trinajstić information content (AvgIpc) is 3.17. The molecule has 0 aromatic heterocycles. The summed E-state index contributed by atoms with van der Waals surface area (Å²) in [6.45, 7) is 0.658. The largest absolute Gasteiger partial charge is 0.497 e. The van der Waals surface area contributed by atoms with Gasteiger partial charge in [0.25, 0.3) is 0 Å². The van der Waals surface area contributed by atoms with Crippen LogP contribution in [0.1, 0.15) is 10.9 Å². The summed E-state index contributed by atoms with van der Waals surface area (Å²) < 4.78 is 16.1. The molecule has 26 heavy (non-hydrogen) atoms. The number of methoxy groups -OCH3 is 3. The van der Waals surface area contributed by atoms with Crippen molar-refractivity contribution < 1.29 is 19.0 Å². The lowest BCUT2D eigenvalue weighted by Gasteiger charge is -2.26. The Labute approximate surface area is 157 Å². The number of nitrogens with one attached hydrogen (secondary N) is 1. The Hall–Kier alpha value is -2.54.